The molecule has 1 unspecified atom stereocenters. The molecule has 0 aliphatic heterocycles. The first-order chi connectivity index (χ1) is 8.89. The Labute approximate surface area is 115 Å². The van der Waals surface area contributed by atoms with Crippen LogP contribution >= 0.6 is 15.9 Å². The molecule has 2 aromatic rings. The Balaban J connectivity index is 2.42. The molecular formula is C12H9BrF3N3. The molecule has 3 nitrogen and oxygen atoms in total. The molecule has 0 amide bonds. The van der Waals surface area contributed by atoms with E-state index in [4.69, 9.17) is 5.73 Å². The Bertz CT molecular complexity index is 572. The van der Waals surface area contributed by atoms with E-state index in [0.29, 0.717) is 11.3 Å². The molecular weight excluding hydrogens is 323 g/mol. The minimum atomic E-state index is -4.43. The van der Waals surface area contributed by atoms with Crippen molar-refractivity contribution in [3.8, 4) is 0 Å². The van der Waals surface area contributed by atoms with Crippen molar-refractivity contribution in [1.82, 2.24) is 9.97 Å². The van der Waals surface area contributed by atoms with Crippen LogP contribution in [0.5, 0.6) is 0 Å². The standard InChI is InChI=1S/C12H9BrF3N3/c13-9-2-1-7(5-8(9)12(14,15)16)11(17)10-6-18-3-4-19-10/h1-6,11H,17H2. The molecule has 1 aromatic heterocycles. The number of benzene rings is 1. The zero-order chi connectivity index (χ0) is 14.0. The molecule has 1 aromatic carbocycles. The number of alkyl halides is 3. The first kappa shape index (κ1) is 14.0. The van der Waals surface area contributed by atoms with Gasteiger partial charge in [0.05, 0.1) is 23.5 Å². The van der Waals surface area contributed by atoms with Gasteiger partial charge in [-0.3, -0.25) is 9.97 Å². The maximum absolute atomic E-state index is 12.8. The van der Waals surface area contributed by atoms with E-state index in [-0.39, 0.29) is 4.47 Å². The highest BCUT2D eigenvalue weighted by Crippen LogP contribution is 2.36. The van der Waals surface area contributed by atoms with Crippen LogP contribution in [-0.2, 0) is 6.18 Å². The van der Waals surface area contributed by atoms with Crippen LogP contribution in [0.4, 0.5) is 13.2 Å². The van der Waals surface area contributed by atoms with Crippen LogP contribution in [0.15, 0.2) is 41.3 Å². The average Bonchev–Trinajstić information content (AvgIpc) is 2.38. The van der Waals surface area contributed by atoms with Crippen LogP contribution in [-0.4, -0.2) is 9.97 Å². The van der Waals surface area contributed by atoms with E-state index >= 15 is 0 Å². The van der Waals surface area contributed by atoms with Gasteiger partial charge in [-0.15, -0.1) is 0 Å². The third-order valence-corrected chi connectivity index (χ3v) is 3.25. The Morgan fingerprint density at radius 3 is 2.53 bits per heavy atom. The van der Waals surface area contributed by atoms with E-state index in [1.165, 1.54) is 30.7 Å². The topological polar surface area (TPSA) is 51.8 Å². The van der Waals surface area contributed by atoms with Crippen molar-refractivity contribution in [2.45, 2.75) is 12.2 Å². The Morgan fingerprint density at radius 1 is 1.21 bits per heavy atom. The summed E-state index contributed by atoms with van der Waals surface area (Å²) in [5, 5.41) is 0. The number of hydrogen-bond donors (Lipinski definition) is 1. The Morgan fingerprint density at radius 2 is 1.95 bits per heavy atom. The molecule has 0 bridgehead atoms. The van der Waals surface area contributed by atoms with Gasteiger partial charge in [0.1, 0.15) is 0 Å². The highest BCUT2D eigenvalue weighted by atomic mass is 79.9. The summed E-state index contributed by atoms with van der Waals surface area (Å²) in [6.45, 7) is 0. The van der Waals surface area contributed by atoms with E-state index in [1.54, 1.807) is 0 Å². The minimum Gasteiger partial charge on any atom is -0.319 e. The second-order valence-electron chi connectivity index (χ2n) is 3.84. The van der Waals surface area contributed by atoms with Crippen molar-refractivity contribution in [3.05, 3.63) is 58.1 Å². The lowest BCUT2D eigenvalue weighted by Crippen LogP contribution is -2.15. The van der Waals surface area contributed by atoms with Crippen LogP contribution in [0, 0.1) is 0 Å². The number of nitrogens with zero attached hydrogens (tertiary/aromatic N) is 2. The van der Waals surface area contributed by atoms with Crippen LogP contribution in [0.1, 0.15) is 22.9 Å². The van der Waals surface area contributed by atoms with Crippen molar-refractivity contribution in [1.29, 1.82) is 0 Å². The van der Waals surface area contributed by atoms with Gasteiger partial charge in [0.2, 0.25) is 0 Å². The fraction of sp³-hybridized carbons (Fsp3) is 0.167. The van der Waals surface area contributed by atoms with E-state index in [9.17, 15) is 13.2 Å². The van der Waals surface area contributed by atoms with Gasteiger partial charge in [-0.2, -0.15) is 13.2 Å². The largest absolute Gasteiger partial charge is 0.417 e. The molecule has 2 N–H and O–H groups in total. The predicted molar refractivity (Wildman–Crippen MR) is 67.2 cm³/mol. The van der Waals surface area contributed by atoms with Gasteiger partial charge in [0.15, 0.2) is 0 Å². The molecule has 1 heterocycles. The first-order valence-electron chi connectivity index (χ1n) is 5.27. The van der Waals surface area contributed by atoms with Crippen LogP contribution in [0.25, 0.3) is 0 Å². The summed E-state index contributed by atoms with van der Waals surface area (Å²) in [7, 11) is 0. The summed E-state index contributed by atoms with van der Waals surface area (Å²) in [5.41, 5.74) is 5.88. The average molecular weight is 332 g/mol. The van der Waals surface area contributed by atoms with Gasteiger partial charge >= 0.3 is 6.18 Å². The molecule has 0 aliphatic rings. The third kappa shape index (κ3) is 3.10. The quantitative estimate of drug-likeness (QED) is 0.918. The van der Waals surface area contributed by atoms with Crippen LogP contribution in [0.2, 0.25) is 0 Å². The second-order valence-corrected chi connectivity index (χ2v) is 4.70. The predicted octanol–water partition coefficient (Wildman–Crippen LogP) is 3.31. The van der Waals surface area contributed by atoms with Crippen molar-refractivity contribution >= 4 is 15.9 Å². The summed E-state index contributed by atoms with van der Waals surface area (Å²) >= 11 is 2.88. The highest BCUT2D eigenvalue weighted by Gasteiger charge is 2.33. The third-order valence-electron chi connectivity index (χ3n) is 2.56. The van der Waals surface area contributed by atoms with Gasteiger partial charge < -0.3 is 5.73 Å². The van der Waals surface area contributed by atoms with E-state index in [0.717, 1.165) is 6.07 Å². The molecule has 19 heavy (non-hydrogen) atoms. The van der Waals surface area contributed by atoms with E-state index in [2.05, 4.69) is 25.9 Å². The maximum atomic E-state index is 12.8. The summed E-state index contributed by atoms with van der Waals surface area (Å²) in [6, 6.07) is 3.12. The van der Waals surface area contributed by atoms with Crippen molar-refractivity contribution in [2.24, 2.45) is 5.73 Å². The van der Waals surface area contributed by atoms with Crippen LogP contribution in [0.3, 0.4) is 0 Å². The van der Waals surface area contributed by atoms with Gasteiger partial charge in [0, 0.05) is 16.9 Å². The summed E-state index contributed by atoms with van der Waals surface area (Å²) in [4.78, 5) is 7.83. The number of aromatic nitrogens is 2. The van der Waals surface area contributed by atoms with Gasteiger partial charge in [-0.25, -0.2) is 0 Å². The summed E-state index contributed by atoms with van der Waals surface area (Å²) in [6.07, 6.45) is -0.0887. The Hall–Kier alpha value is -1.47. The summed E-state index contributed by atoms with van der Waals surface area (Å²) in [5.74, 6) is 0. The lowest BCUT2D eigenvalue weighted by molar-refractivity contribution is -0.138. The maximum Gasteiger partial charge on any atom is 0.417 e. The molecule has 0 spiro atoms. The number of halogens is 4. The lowest BCUT2D eigenvalue weighted by Gasteiger charge is -2.15. The minimum absolute atomic E-state index is 0.0184. The molecule has 1 atom stereocenters. The highest BCUT2D eigenvalue weighted by molar-refractivity contribution is 9.10. The number of nitrogens with two attached hydrogens (primary N) is 1. The van der Waals surface area contributed by atoms with Gasteiger partial charge in [0.25, 0.3) is 0 Å². The smallest absolute Gasteiger partial charge is 0.319 e. The van der Waals surface area contributed by atoms with Gasteiger partial charge in [-0.05, 0) is 17.7 Å². The van der Waals surface area contributed by atoms with Crippen molar-refractivity contribution < 1.29 is 13.2 Å². The van der Waals surface area contributed by atoms with Crippen molar-refractivity contribution in [3.63, 3.8) is 0 Å². The molecule has 7 heteroatoms. The molecule has 0 aliphatic carbocycles. The molecule has 100 valence electrons. The second kappa shape index (κ2) is 5.26. The van der Waals surface area contributed by atoms with Crippen molar-refractivity contribution in [2.75, 3.05) is 0 Å². The molecule has 0 fully saturated rings. The molecule has 0 saturated carbocycles. The van der Waals surface area contributed by atoms with Gasteiger partial charge in [-0.1, -0.05) is 22.0 Å². The first-order valence-corrected chi connectivity index (χ1v) is 6.07. The SMILES string of the molecule is NC(c1ccc(Br)c(C(F)(F)F)c1)c1cnccn1. The number of rotatable bonds is 2. The van der Waals surface area contributed by atoms with E-state index < -0.39 is 17.8 Å². The molecule has 0 radical (unpaired) electrons. The summed E-state index contributed by atoms with van der Waals surface area (Å²) < 4.78 is 38.4. The zero-order valence-corrected chi connectivity index (χ0v) is 11.1. The fourth-order valence-corrected chi connectivity index (χ4v) is 2.07. The van der Waals surface area contributed by atoms with E-state index in [1.807, 2.05) is 0 Å². The molecule has 0 saturated heterocycles. The molecule has 2 rings (SSSR count). The monoisotopic (exact) mass is 331 g/mol. The Kier molecular flexibility index (Phi) is 3.86. The fourth-order valence-electron chi connectivity index (χ4n) is 1.60. The zero-order valence-electron chi connectivity index (χ0n) is 9.53. The normalized spacial score (nSPS) is 13.3. The van der Waals surface area contributed by atoms with Crippen LogP contribution < -0.4 is 5.73 Å². The number of hydrogen-bond acceptors (Lipinski definition) is 3. The lowest BCUT2D eigenvalue weighted by atomic mass is 10.0.